The van der Waals surface area contributed by atoms with Crippen LogP contribution in [0.2, 0.25) is 0 Å². The predicted octanol–water partition coefficient (Wildman–Crippen LogP) is 15.4. The van der Waals surface area contributed by atoms with Gasteiger partial charge in [0.25, 0.3) is 6.33 Å². The van der Waals surface area contributed by atoms with Gasteiger partial charge in [0.15, 0.2) is 0 Å². The van der Waals surface area contributed by atoms with E-state index in [-0.39, 0.29) is 42.7 Å². The molecule has 6 heteroatoms. The van der Waals surface area contributed by atoms with Gasteiger partial charge in [-0.1, -0.05) is 190 Å². The summed E-state index contributed by atoms with van der Waals surface area (Å²) in [5.74, 6) is 1.99. The maximum absolute atomic E-state index is 7.01. The SMILES string of the molecule is CC(C)(C)c1cccc(-[n+]2[c-]n(-c3[c-]c(Oc4[c-]c5c(cc4)c4cc(-c6ccccc6)ccc4n5-c4cc(C(C)(C)C)ccn4)cc(C(C)(C)c4ccccc4)c3)cc2C(C)(C)c2ccccc2)c1.[Pt]. The van der Waals surface area contributed by atoms with Crippen LogP contribution in [-0.2, 0) is 42.7 Å². The number of hydrogen-bond donors (Lipinski definition) is 0. The second kappa shape index (κ2) is 18.5. The minimum absolute atomic E-state index is 0. The van der Waals surface area contributed by atoms with Crippen molar-refractivity contribution >= 4 is 21.8 Å². The Hall–Kier alpha value is -6.81. The number of nitrogens with zero attached hydrogens (tertiary/aromatic N) is 4. The first-order chi connectivity index (χ1) is 32.9. The second-order valence-electron chi connectivity index (χ2n) is 21.5. The summed E-state index contributed by atoms with van der Waals surface area (Å²) in [6, 6.07) is 67.8. The van der Waals surface area contributed by atoms with E-state index >= 15 is 0 Å². The summed E-state index contributed by atoms with van der Waals surface area (Å²) in [7, 11) is 0. The Balaban J connectivity index is 0.00000608. The van der Waals surface area contributed by atoms with E-state index < -0.39 is 0 Å². The van der Waals surface area contributed by atoms with Crippen LogP contribution in [0.5, 0.6) is 11.5 Å². The summed E-state index contributed by atoms with van der Waals surface area (Å²) in [4.78, 5) is 4.97. The fraction of sp³-hybridized carbons (Fsp3) is 0.219. The Labute approximate surface area is 428 Å². The standard InChI is InChI=1S/C64H60N4O.Pt/c1-61(2,3)48-27-20-28-51(36-48)67-43-66(42-59(67)64(9,10)47-25-18-13-19-26-47)52-37-50(63(7,8)46-23-16-12-17-24-46)38-54(40-52)69-53-30-31-55-56-35-45(44-21-14-11-15-22-44)29-32-57(56)68(58(55)41-53)60-39-49(33-34-65-60)62(4,5)6;/h11-39,42H,1-10H3;/q-2;. The molecule has 5 nitrogen and oxygen atoms in total. The summed E-state index contributed by atoms with van der Waals surface area (Å²) in [5, 5.41) is 2.19. The van der Waals surface area contributed by atoms with Crippen molar-refractivity contribution in [1.29, 1.82) is 0 Å². The number of pyridine rings is 1. The van der Waals surface area contributed by atoms with Gasteiger partial charge in [0.2, 0.25) is 0 Å². The summed E-state index contributed by atoms with van der Waals surface area (Å²) in [6.45, 7) is 22.6. The molecule has 7 aromatic carbocycles. The van der Waals surface area contributed by atoms with Crippen molar-refractivity contribution in [3.05, 3.63) is 234 Å². The van der Waals surface area contributed by atoms with E-state index in [2.05, 4.69) is 271 Å². The number of imidazole rings is 1. The van der Waals surface area contributed by atoms with Crippen LogP contribution in [0.25, 0.3) is 50.1 Å². The Kier molecular flexibility index (Phi) is 12.7. The largest absolute Gasteiger partial charge is 0.510 e. The van der Waals surface area contributed by atoms with Gasteiger partial charge in [-0.15, -0.1) is 35.2 Å². The van der Waals surface area contributed by atoms with Gasteiger partial charge in [-0.2, -0.15) is 12.1 Å². The molecule has 10 rings (SSSR count). The summed E-state index contributed by atoms with van der Waals surface area (Å²) >= 11 is 0. The van der Waals surface area contributed by atoms with Crippen molar-refractivity contribution in [3.8, 4) is 39.8 Å². The molecule has 3 heterocycles. The Morgan fingerprint density at radius 1 is 0.500 bits per heavy atom. The molecule has 0 amide bonds. The van der Waals surface area contributed by atoms with Crippen LogP contribution >= 0.6 is 0 Å². The molecule has 0 unspecified atom stereocenters. The fourth-order valence-electron chi connectivity index (χ4n) is 9.50. The smallest absolute Gasteiger partial charge is 0.267 e. The molecular weight excluding hydrogens is 1040 g/mol. The first kappa shape index (κ1) is 48.2. The van der Waals surface area contributed by atoms with Crippen LogP contribution in [0.15, 0.2) is 182 Å². The van der Waals surface area contributed by atoms with Crippen LogP contribution in [-0.4, -0.2) is 14.1 Å². The minimum atomic E-state index is -0.389. The number of hydrogen-bond acceptors (Lipinski definition) is 2. The number of aromatic nitrogens is 4. The molecule has 0 aliphatic rings. The van der Waals surface area contributed by atoms with E-state index in [1.54, 1.807) is 0 Å². The zero-order valence-electron chi connectivity index (χ0n) is 41.8. The maximum atomic E-state index is 7.01. The van der Waals surface area contributed by atoms with Gasteiger partial charge >= 0.3 is 0 Å². The van der Waals surface area contributed by atoms with Crippen LogP contribution in [0.3, 0.4) is 0 Å². The van der Waals surface area contributed by atoms with Crippen molar-refractivity contribution in [1.82, 2.24) is 14.1 Å². The third kappa shape index (κ3) is 9.20. The topological polar surface area (TPSA) is 35.9 Å². The number of rotatable bonds is 10. The molecule has 3 aromatic heterocycles. The molecule has 354 valence electrons. The van der Waals surface area contributed by atoms with Crippen molar-refractivity contribution in [2.75, 3.05) is 0 Å². The number of benzene rings is 7. The molecule has 0 spiro atoms. The van der Waals surface area contributed by atoms with Gasteiger partial charge in [-0.3, -0.25) is 4.57 Å². The van der Waals surface area contributed by atoms with Gasteiger partial charge in [-0.05, 0) is 91.0 Å². The second-order valence-corrected chi connectivity index (χ2v) is 21.5. The normalized spacial score (nSPS) is 12.3. The van der Waals surface area contributed by atoms with Gasteiger partial charge in [0, 0.05) is 55.9 Å². The zero-order chi connectivity index (χ0) is 48.3. The van der Waals surface area contributed by atoms with E-state index in [0.29, 0.717) is 11.5 Å². The first-order valence-corrected chi connectivity index (χ1v) is 24.0. The van der Waals surface area contributed by atoms with Crippen molar-refractivity contribution in [3.63, 3.8) is 0 Å². The van der Waals surface area contributed by atoms with Crippen LogP contribution in [0, 0.1) is 18.5 Å². The molecule has 0 atom stereocenters. The monoisotopic (exact) mass is 1100 g/mol. The van der Waals surface area contributed by atoms with Crippen LogP contribution in [0.4, 0.5) is 0 Å². The molecule has 0 N–H and O–H groups in total. The zero-order valence-corrected chi connectivity index (χ0v) is 44.1. The van der Waals surface area contributed by atoms with E-state index in [0.717, 1.165) is 55.8 Å². The average Bonchev–Trinajstić information content (AvgIpc) is 3.95. The maximum Gasteiger partial charge on any atom is 0.267 e. The first-order valence-electron chi connectivity index (χ1n) is 24.0. The summed E-state index contributed by atoms with van der Waals surface area (Å²) < 4.78 is 13.5. The molecule has 0 bridgehead atoms. The molecule has 70 heavy (non-hydrogen) atoms. The molecule has 0 aliphatic heterocycles. The van der Waals surface area contributed by atoms with Crippen molar-refractivity contribution in [2.45, 2.75) is 90.9 Å². The fourth-order valence-corrected chi connectivity index (χ4v) is 9.50. The van der Waals surface area contributed by atoms with Gasteiger partial charge < -0.3 is 13.9 Å². The minimum Gasteiger partial charge on any atom is -0.510 e. The Morgan fingerprint density at radius 3 is 1.80 bits per heavy atom. The summed E-state index contributed by atoms with van der Waals surface area (Å²) in [5.41, 5.74) is 12.3. The predicted molar refractivity (Wildman–Crippen MR) is 282 cm³/mol. The average molecular weight is 1100 g/mol. The summed E-state index contributed by atoms with van der Waals surface area (Å²) in [6.07, 6.45) is 7.93. The Bertz CT molecular complexity index is 3480. The molecule has 0 aliphatic carbocycles. The van der Waals surface area contributed by atoms with Crippen molar-refractivity contribution in [2.24, 2.45) is 0 Å². The molecule has 0 radical (unpaired) electrons. The van der Waals surface area contributed by atoms with Gasteiger partial charge in [0.05, 0.1) is 11.4 Å². The molecule has 0 saturated heterocycles. The van der Waals surface area contributed by atoms with E-state index in [1.165, 1.54) is 27.8 Å². The Morgan fingerprint density at radius 2 is 1.13 bits per heavy atom. The molecular formula is C64H60N4OPt-2. The molecule has 0 saturated carbocycles. The van der Waals surface area contributed by atoms with E-state index in [9.17, 15) is 0 Å². The molecule has 0 fully saturated rings. The van der Waals surface area contributed by atoms with Crippen molar-refractivity contribution < 1.29 is 30.4 Å². The number of fused-ring (bicyclic) bond motifs is 3. The van der Waals surface area contributed by atoms with Crippen LogP contribution in [0.1, 0.15) is 103 Å². The quantitative estimate of drug-likeness (QED) is 0.101. The molecule has 10 aromatic rings. The third-order valence-electron chi connectivity index (χ3n) is 13.9. The number of ether oxygens (including phenoxy) is 1. The third-order valence-corrected chi connectivity index (χ3v) is 13.9. The van der Waals surface area contributed by atoms with Gasteiger partial charge in [-0.25, -0.2) is 4.98 Å². The van der Waals surface area contributed by atoms with E-state index in [4.69, 9.17) is 9.72 Å². The van der Waals surface area contributed by atoms with E-state index in [1.807, 2.05) is 12.3 Å². The van der Waals surface area contributed by atoms with Gasteiger partial charge in [0.1, 0.15) is 5.82 Å². The van der Waals surface area contributed by atoms with Crippen LogP contribution < -0.4 is 9.30 Å².